The molecule has 0 saturated carbocycles. The van der Waals surface area contributed by atoms with E-state index in [-0.39, 0.29) is 43.1 Å². The average Bonchev–Trinajstić information content (AvgIpc) is 3.02. The van der Waals surface area contributed by atoms with Crippen molar-refractivity contribution < 1.29 is 37.3 Å². The second kappa shape index (κ2) is 18.5. The highest BCUT2D eigenvalue weighted by molar-refractivity contribution is 5.99. The van der Waals surface area contributed by atoms with Crippen molar-refractivity contribution in [3.05, 3.63) is 59.2 Å². The summed E-state index contributed by atoms with van der Waals surface area (Å²) in [4.78, 5) is 32.6. The third-order valence-electron chi connectivity index (χ3n) is 8.57. The van der Waals surface area contributed by atoms with E-state index >= 15 is 0 Å². The molecule has 0 aromatic heterocycles. The summed E-state index contributed by atoms with van der Waals surface area (Å²) in [5.74, 6) is -0.219. The minimum absolute atomic E-state index is 0.144. The van der Waals surface area contributed by atoms with Crippen molar-refractivity contribution in [1.82, 2.24) is 14.7 Å². The Balaban J connectivity index is 1.85. The van der Waals surface area contributed by atoms with E-state index < -0.39 is 17.8 Å². The van der Waals surface area contributed by atoms with Crippen LogP contribution >= 0.6 is 0 Å². The Morgan fingerprint density at radius 3 is 2.46 bits per heavy atom. The maximum absolute atomic E-state index is 14.3. The fraction of sp³-hybridized carbons (Fsp3) is 0.611. The van der Waals surface area contributed by atoms with E-state index in [0.717, 1.165) is 43.5 Å². The number of amides is 2. The van der Waals surface area contributed by atoms with Gasteiger partial charge in [0, 0.05) is 44.3 Å². The lowest BCUT2D eigenvalue weighted by molar-refractivity contribution is -0.137. The van der Waals surface area contributed by atoms with Crippen LogP contribution in [-0.4, -0.2) is 104 Å². The molecule has 48 heavy (non-hydrogen) atoms. The summed E-state index contributed by atoms with van der Waals surface area (Å²) < 4.78 is 51.8. The number of alkyl halides is 3. The van der Waals surface area contributed by atoms with Crippen molar-refractivity contribution in [3.63, 3.8) is 0 Å². The van der Waals surface area contributed by atoms with Crippen molar-refractivity contribution in [1.29, 1.82) is 0 Å². The van der Waals surface area contributed by atoms with Crippen molar-refractivity contribution in [2.45, 2.75) is 83.8 Å². The molecule has 0 fully saturated rings. The number of aliphatic hydroxyl groups is 1. The van der Waals surface area contributed by atoms with Crippen molar-refractivity contribution in [3.8, 4) is 5.75 Å². The van der Waals surface area contributed by atoms with Crippen LogP contribution in [0.2, 0.25) is 0 Å². The number of ether oxygens (including phenoxy) is 2. The van der Waals surface area contributed by atoms with E-state index in [0.29, 0.717) is 49.5 Å². The van der Waals surface area contributed by atoms with Crippen LogP contribution in [0, 0.1) is 5.92 Å². The van der Waals surface area contributed by atoms with Crippen LogP contribution in [0.15, 0.2) is 42.5 Å². The number of carbonyl (C=O) groups is 2. The number of hydrogen-bond acceptors (Lipinski definition) is 7. The van der Waals surface area contributed by atoms with Gasteiger partial charge in [-0.2, -0.15) is 13.2 Å². The first kappa shape index (κ1) is 39.3. The summed E-state index contributed by atoms with van der Waals surface area (Å²) in [6, 6.07) is 9.75. The number of likely N-dealkylation sites (N-methyl/N-ethyl adjacent to an activating group) is 1. The number of benzene rings is 2. The minimum atomic E-state index is -4.39. The molecular formula is C36H53F3N4O5. The largest absolute Gasteiger partial charge is 0.490 e. The molecule has 0 bridgehead atoms. The van der Waals surface area contributed by atoms with Crippen LogP contribution in [0.25, 0.3) is 0 Å². The predicted molar refractivity (Wildman–Crippen MR) is 181 cm³/mol. The lowest BCUT2D eigenvalue weighted by Crippen LogP contribution is -2.47. The third kappa shape index (κ3) is 12.4. The predicted octanol–water partition coefficient (Wildman–Crippen LogP) is 5.91. The van der Waals surface area contributed by atoms with Crippen LogP contribution in [0.5, 0.6) is 5.75 Å². The highest BCUT2D eigenvalue weighted by Crippen LogP contribution is 2.30. The normalized spacial score (nSPS) is 20.6. The number of hydrogen-bond donors (Lipinski definition) is 2. The Morgan fingerprint density at radius 1 is 1.10 bits per heavy atom. The number of aliphatic hydroxyl groups excluding tert-OH is 1. The van der Waals surface area contributed by atoms with Gasteiger partial charge in [0.15, 0.2) is 0 Å². The molecule has 1 aliphatic heterocycles. The van der Waals surface area contributed by atoms with Crippen LogP contribution < -0.4 is 10.1 Å². The molecule has 0 spiro atoms. The zero-order chi connectivity index (χ0) is 35.4. The third-order valence-corrected chi connectivity index (χ3v) is 8.57. The Kier molecular flexibility index (Phi) is 15.2. The molecule has 2 aromatic rings. The number of fused-ring (bicyclic) bond motifs is 1. The molecular weight excluding hydrogens is 625 g/mol. The molecule has 12 heteroatoms. The Morgan fingerprint density at radius 2 is 1.81 bits per heavy atom. The van der Waals surface area contributed by atoms with E-state index in [1.807, 2.05) is 44.8 Å². The number of carbonyl (C=O) groups excluding carboxylic acids is 2. The van der Waals surface area contributed by atoms with E-state index in [9.17, 15) is 27.9 Å². The van der Waals surface area contributed by atoms with Gasteiger partial charge in [-0.1, -0.05) is 19.1 Å². The smallest absolute Gasteiger partial charge is 0.416 e. The second-order valence-electron chi connectivity index (χ2n) is 13.4. The van der Waals surface area contributed by atoms with Gasteiger partial charge in [0.25, 0.3) is 5.91 Å². The topological polar surface area (TPSA) is 94.6 Å². The first-order valence-electron chi connectivity index (χ1n) is 16.8. The Hall–Kier alpha value is -3.19. The molecule has 0 radical (unpaired) electrons. The van der Waals surface area contributed by atoms with Crippen LogP contribution in [0.4, 0.5) is 18.9 Å². The molecule has 0 aliphatic carbocycles. The molecule has 268 valence electrons. The standard InChI is InChI=1S/C36H53F3N4O5/c1-25-21-43(26(2)24-44)35(46)31-20-30(40-34(45)11-9-18-41(4)5)16-17-32(31)48-27(3)10-7-8-19-47-33(25)23-42(6)22-28-12-14-29(15-13-28)36(37,38)39/h12-17,20,25-27,33,44H,7-11,18-19,21-24H2,1-6H3,(H,40,45)/t25-,26-,27+,33+/m0/s1. The zero-order valence-electron chi connectivity index (χ0n) is 29.2. The maximum atomic E-state index is 14.3. The van der Waals surface area contributed by atoms with Gasteiger partial charge >= 0.3 is 6.18 Å². The molecule has 3 rings (SSSR count). The molecule has 0 unspecified atom stereocenters. The van der Waals surface area contributed by atoms with Gasteiger partial charge in [-0.15, -0.1) is 0 Å². The molecule has 9 nitrogen and oxygen atoms in total. The monoisotopic (exact) mass is 678 g/mol. The van der Waals surface area contributed by atoms with Crippen LogP contribution in [0.1, 0.15) is 74.4 Å². The first-order valence-corrected chi connectivity index (χ1v) is 16.8. The van der Waals surface area contributed by atoms with Crippen molar-refractivity contribution in [2.75, 3.05) is 59.3 Å². The van der Waals surface area contributed by atoms with Crippen molar-refractivity contribution >= 4 is 17.5 Å². The SMILES string of the molecule is C[C@@H]1CCCCO[C@H](CN(C)Cc2ccc(C(F)(F)F)cc2)[C@@H](C)CN([C@@H](C)CO)C(=O)c2cc(NC(=O)CCCN(C)C)ccc2O1. The van der Waals surface area contributed by atoms with Gasteiger partial charge < -0.3 is 29.7 Å². The van der Waals surface area contributed by atoms with E-state index in [4.69, 9.17) is 9.47 Å². The molecule has 1 aliphatic rings. The van der Waals surface area contributed by atoms with E-state index in [2.05, 4.69) is 5.32 Å². The summed E-state index contributed by atoms with van der Waals surface area (Å²) in [5.41, 5.74) is 0.853. The maximum Gasteiger partial charge on any atom is 0.416 e. The van der Waals surface area contributed by atoms with Crippen LogP contribution in [0.3, 0.4) is 0 Å². The zero-order valence-corrected chi connectivity index (χ0v) is 29.2. The number of anilines is 1. The number of halogens is 3. The molecule has 0 saturated heterocycles. The highest BCUT2D eigenvalue weighted by atomic mass is 19.4. The number of nitrogens with one attached hydrogen (secondary N) is 1. The summed E-state index contributed by atoms with van der Waals surface area (Å²) in [6.07, 6.45) is -1.43. The van der Waals surface area contributed by atoms with Gasteiger partial charge in [0.2, 0.25) is 5.91 Å². The van der Waals surface area contributed by atoms with Gasteiger partial charge in [-0.25, -0.2) is 0 Å². The number of nitrogens with zero attached hydrogens (tertiary/aromatic N) is 3. The van der Waals surface area contributed by atoms with Gasteiger partial charge in [0.1, 0.15) is 5.75 Å². The number of rotatable bonds is 11. The molecule has 2 N–H and O–H groups in total. The Bertz CT molecular complexity index is 1310. The van der Waals surface area contributed by atoms with Gasteiger partial charge in [0.05, 0.1) is 36.0 Å². The lowest BCUT2D eigenvalue weighted by atomic mass is 10.0. The van der Waals surface area contributed by atoms with Gasteiger partial charge in [-0.3, -0.25) is 14.5 Å². The molecule has 2 amide bonds. The molecule has 4 atom stereocenters. The molecule has 2 aromatic carbocycles. The second-order valence-corrected chi connectivity index (χ2v) is 13.4. The summed E-state index contributed by atoms with van der Waals surface area (Å²) in [7, 11) is 5.80. The summed E-state index contributed by atoms with van der Waals surface area (Å²) >= 11 is 0. The minimum Gasteiger partial charge on any atom is -0.490 e. The summed E-state index contributed by atoms with van der Waals surface area (Å²) in [5, 5.41) is 13.1. The highest BCUT2D eigenvalue weighted by Gasteiger charge is 2.31. The fourth-order valence-corrected chi connectivity index (χ4v) is 5.72. The Labute approximate surface area is 283 Å². The summed E-state index contributed by atoms with van der Waals surface area (Å²) in [6.45, 7) is 7.94. The fourth-order valence-electron chi connectivity index (χ4n) is 5.72. The molecule has 1 heterocycles. The van der Waals surface area contributed by atoms with E-state index in [1.54, 1.807) is 30.0 Å². The van der Waals surface area contributed by atoms with Crippen LogP contribution in [-0.2, 0) is 22.3 Å². The lowest BCUT2D eigenvalue weighted by Gasteiger charge is -2.36. The van der Waals surface area contributed by atoms with Gasteiger partial charge in [-0.05, 0) is 103 Å². The average molecular weight is 679 g/mol. The quantitative estimate of drug-likeness (QED) is 0.305. The first-order chi connectivity index (χ1) is 22.7. The van der Waals surface area contributed by atoms with E-state index in [1.165, 1.54) is 12.1 Å². The van der Waals surface area contributed by atoms with Crippen molar-refractivity contribution in [2.24, 2.45) is 5.92 Å².